The standard InChI is InChI=1S/C13H18N2O4/c1-9-2-5-12(15(17)18)13(6-9)19-8-11(16)7-14-10-3-4-10/h2,5-6,10-11,14,16H,3-4,7-8H2,1H3. The Balaban J connectivity index is 1.89. The van der Waals surface area contributed by atoms with E-state index >= 15 is 0 Å². The monoisotopic (exact) mass is 266 g/mol. The van der Waals surface area contributed by atoms with Crippen molar-refractivity contribution in [2.24, 2.45) is 0 Å². The third-order valence-electron chi connectivity index (χ3n) is 2.96. The molecular weight excluding hydrogens is 248 g/mol. The molecule has 1 aliphatic carbocycles. The van der Waals surface area contributed by atoms with Crippen molar-refractivity contribution >= 4 is 5.69 Å². The van der Waals surface area contributed by atoms with Crippen molar-refractivity contribution in [2.75, 3.05) is 13.2 Å². The number of nitrogens with zero attached hydrogens (tertiary/aromatic N) is 1. The van der Waals surface area contributed by atoms with Crippen LogP contribution in [0.2, 0.25) is 0 Å². The zero-order valence-electron chi connectivity index (χ0n) is 10.8. The predicted octanol–water partition coefficient (Wildman–Crippen LogP) is 1.39. The Bertz CT molecular complexity index is 460. The van der Waals surface area contributed by atoms with E-state index in [0.717, 1.165) is 18.4 Å². The number of ether oxygens (including phenoxy) is 1. The molecule has 0 saturated heterocycles. The Hall–Kier alpha value is -1.66. The van der Waals surface area contributed by atoms with Gasteiger partial charge in [-0.3, -0.25) is 10.1 Å². The third-order valence-corrected chi connectivity index (χ3v) is 2.96. The molecule has 0 aliphatic heterocycles. The van der Waals surface area contributed by atoms with Crippen molar-refractivity contribution in [2.45, 2.75) is 31.9 Å². The molecule has 1 atom stereocenters. The van der Waals surface area contributed by atoms with Crippen LogP contribution in [-0.4, -0.2) is 35.3 Å². The normalized spacial score (nSPS) is 16.1. The maximum absolute atomic E-state index is 10.9. The summed E-state index contributed by atoms with van der Waals surface area (Å²) in [5.74, 6) is 0.204. The van der Waals surface area contributed by atoms with Gasteiger partial charge in [-0.05, 0) is 31.4 Å². The molecule has 6 heteroatoms. The van der Waals surface area contributed by atoms with E-state index in [2.05, 4.69) is 5.32 Å². The summed E-state index contributed by atoms with van der Waals surface area (Å²) in [6, 6.07) is 5.21. The summed E-state index contributed by atoms with van der Waals surface area (Å²) in [6.45, 7) is 2.33. The zero-order chi connectivity index (χ0) is 13.8. The van der Waals surface area contributed by atoms with Gasteiger partial charge in [0.25, 0.3) is 0 Å². The van der Waals surface area contributed by atoms with Gasteiger partial charge in [-0.1, -0.05) is 6.07 Å². The lowest BCUT2D eigenvalue weighted by molar-refractivity contribution is -0.385. The number of hydrogen-bond donors (Lipinski definition) is 2. The molecule has 0 aromatic heterocycles. The Labute approximate surface area is 111 Å². The van der Waals surface area contributed by atoms with Crippen LogP contribution in [0.25, 0.3) is 0 Å². The molecule has 104 valence electrons. The lowest BCUT2D eigenvalue weighted by atomic mass is 10.2. The second-order valence-corrected chi connectivity index (χ2v) is 4.88. The summed E-state index contributed by atoms with van der Waals surface area (Å²) < 4.78 is 5.36. The summed E-state index contributed by atoms with van der Waals surface area (Å²) in [6.07, 6.45) is 1.63. The van der Waals surface area contributed by atoms with Crippen molar-refractivity contribution in [3.8, 4) is 5.75 Å². The largest absolute Gasteiger partial charge is 0.484 e. The number of aliphatic hydroxyl groups is 1. The summed E-state index contributed by atoms with van der Waals surface area (Å²) in [5, 5.41) is 23.8. The van der Waals surface area contributed by atoms with E-state index in [-0.39, 0.29) is 18.0 Å². The number of hydrogen-bond acceptors (Lipinski definition) is 5. The van der Waals surface area contributed by atoms with Crippen molar-refractivity contribution in [1.29, 1.82) is 0 Å². The van der Waals surface area contributed by atoms with Crippen LogP contribution in [-0.2, 0) is 0 Å². The van der Waals surface area contributed by atoms with Gasteiger partial charge in [-0.25, -0.2) is 0 Å². The summed E-state index contributed by atoms with van der Waals surface area (Å²) >= 11 is 0. The predicted molar refractivity (Wildman–Crippen MR) is 70.4 cm³/mol. The Kier molecular flexibility index (Phi) is 4.34. The highest BCUT2D eigenvalue weighted by Gasteiger charge is 2.22. The van der Waals surface area contributed by atoms with Gasteiger partial charge >= 0.3 is 5.69 Å². The average molecular weight is 266 g/mol. The van der Waals surface area contributed by atoms with Gasteiger partial charge in [-0.15, -0.1) is 0 Å². The molecular formula is C13H18N2O4. The number of aryl methyl sites for hydroxylation is 1. The summed E-state index contributed by atoms with van der Waals surface area (Å²) in [7, 11) is 0. The number of nitrogens with one attached hydrogen (secondary N) is 1. The molecule has 1 unspecified atom stereocenters. The van der Waals surface area contributed by atoms with E-state index in [0.29, 0.717) is 12.6 Å². The zero-order valence-corrected chi connectivity index (χ0v) is 10.8. The van der Waals surface area contributed by atoms with Gasteiger partial charge in [0.05, 0.1) is 4.92 Å². The second-order valence-electron chi connectivity index (χ2n) is 4.88. The molecule has 0 bridgehead atoms. The number of aliphatic hydroxyl groups excluding tert-OH is 1. The Morgan fingerprint density at radius 2 is 2.32 bits per heavy atom. The van der Waals surface area contributed by atoms with Gasteiger partial charge in [0.1, 0.15) is 12.7 Å². The number of nitro benzene ring substituents is 1. The Morgan fingerprint density at radius 3 is 2.95 bits per heavy atom. The fourth-order valence-corrected chi connectivity index (χ4v) is 1.72. The van der Waals surface area contributed by atoms with Crippen LogP contribution in [0.5, 0.6) is 5.75 Å². The van der Waals surface area contributed by atoms with Crippen LogP contribution in [0.4, 0.5) is 5.69 Å². The quantitative estimate of drug-likeness (QED) is 0.575. The number of rotatable bonds is 7. The molecule has 1 saturated carbocycles. The minimum absolute atomic E-state index is 0.0456. The lowest BCUT2D eigenvalue weighted by Gasteiger charge is -2.13. The molecule has 0 radical (unpaired) electrons. The third kappa shape index (κ3) is 4.18. The maximum Gasteiger partial charge on any atom is 0.310 e. The highest BCUT2D eigenvalue weighted by Crippen LogP contribution is 2.27. The average Bonchev–Trinajstić information content (AvgIpc) is 3.17. The van der Waals surface area contributed by atoms with Gasteiger partial charge in [0.2, 0.25) is 0 Å². The molecule has 0 amide bonds. The summed E-state index contributed by atoms with van der Waals surface area (Å²) in [5.41, 5.74) is 0.805. The van der Waals surface area contributed by atoms with Crippen molar-refractivity contribution in [3.63, 3.8) is 0 Å². The van der Waals surface area contributed by atoms with E-state index in [1.165, 1.54) is 6.07 Å². The molecule has 2 rings (SSSR count). The Morgan fingerprint density at radius 1 is 1.58 bits per heavy atom. The minimum Gasteiger partial charge on any atom is -0.484 e. The van der Waals surface area contributed by atoms with Crippen molar-refractivity contribution in [3.05, 3.63) is 33.9 Å². The van der Waals surface area contributed by atoms with Gasteiger partial charge < -0.3 is 15.2 Å². The number of nitro groups is 1. The molecule has 6 nitrogen and oxygen atoms in total. The molecule has 0 heterocycles. The van der Waals surface area contributed by atoms with E-state index in [1.54, 1.807) is 12.1 Å². The second kappa shape index (κ2) is 5.99. The highest BCUT2D eigenvalue weighted by atomic mass is 16.6. The van der Waals surface area contributed by atoms with Crippen molar-refractivity contribution < 1.29 is 14.8 Å². The van der Waals surface area contributed by atoms with Crippen LogP contribution in [0.15, 0.2) is 18.2 Å². The molecule has 1 aromatic rings. The molecule has 2 N–H and O–H groups in total. The van der Waals surface area contributed by atoms with Gasteiger partial charge in [0, 0.05) is 18.7 Å². The van der Waals surface area contributed by atoms with Gasteiger partial charge in [-0.2, -0.15) is 0 Å². The maximum atomic E-state index is 10.9. The molecule has 1 aromatic carbocycles. The van der Waals surface area contributed by atoms with E-state index in [4.69, 9.17) is 4.74 Å². The molecule has 1 aliphatic rings. The van der Waals surface area contributed by atoms with E-state index < -0.39 is 11.0 Å². The lowest BCUT2D eigenvalue weighted by Crippen LogP contribution is -2.32. The SMILES string of the molecule is Cc1ccc([N+](=O)[O-])c(OCC(O)CNC2CC2)c1. The van der Waals surface area contributed by atoms with Gasteiger partial charge in [0.15, 0.2) is 5.75 Å². The fraction of sp³-hybridized carbons (Fsp3) is 0.538. The van der Waals surface area contributed by atoms with Crippen LogP contribution in [0, 0.1) is 17.0 Å². The first-order valence-corrected chi connectivity index (χ1v) is 6.35. The topological polar surface area (TPSA) is 84.6 Å². The minimum atomic E-state index is -0.666. The van der Waals surface area contributed by atoms with E-state index in [1.807, 2.05) is 6.92 Å². The highest BCUT2D eigenvalue weighted by molar-refractivity contribution is 5.48. The molecule has 19 heavy (non-hydrogen) atoms. The van der Waals surface area contributed by atoms with Crippen LogP contribution >= 0.6 is 0 Å². The first kappa shape index (κ1) is 13.8. The first-order valence-electron chi connectivity index (χ1n) is 6.35. The smallest absolute Gasteiger partial charge is 0.310 e. The molecule has 0 spiro atoms. The summed E-state index contributed by atoms with van der Waals surface area (Å²) in [4.78, 5) is 10.4. The van der Waals surface area contributed by atoms with Crippen LogP contribution in [0.3, 0.4) is 0 Å². The van der Waals surface area contributed by atoms with Crippen LogP contribution < -0.4 is 10.1 Å². The fourth-order valence-electron chi connectivity index (χ4n) is 1.72. The molecule has 1 fully saturated rings. The van der Waals surface area contributed by atoms with E-state index in [9.17, 15) is 15.2 Å². The van der Waals surface area contributed by atoms with Crippen molar-refractivity contribution in [1.82, 2.24) is 5.32 Å². The number of benzene rings is 1. The van der Waals surface area contributed by atoms with Crippen LogP contribution in [0.1, 0.15) is 18.4 Å². The first-order chi connectivity index (χ1) is 9.06.